The monoisotopic (exact) mass is 339 g/mol. The first-order valence-electron chi connectivity index (χ1n) is 7.08. The molecular weight excluding hydrogens is 322 g/mol. The molecule has 6 heteroatoms. The van der Waals surface area contributed by atoms with Gasteiger partial charge in [-0.3, -0.25) is 4.79 Å². The molecule has 20 heavy (non-hydrogen) atoms. The van der Waals surface area contributed by atoms with Crippen molar-refractivity contribution in [2.45, 2.75) is 43.6 Å². The summed E-state index contributed by atoms with van der Waals surface area (Å²) in [5.41, 5.74) is -1.09. The number of likely N-dealkylation sites (tertiary alicyclic amines) is 1. The van der Waals surface area contributed by atoms with Crippen LogP contribution in [0.4, 0.5) is 0 Å². The third kappa shape index (κ3) is 2.59. The maximum Gasteiger partial charge on any atom is 0.254 e. The molecule has 2 heterocycles. The van der Waals surface area contributed by atoms with Gasteiger partial charge in [-0.15, -0.1) is 0 Å². The number of rotatable bonds is 2. The minimum Gasteiger partial charge on any atom is -0.380 e. The molecule has 0 aromatic carbocycles. The molecule has 1 saturated carbocycles. The molecule has 1 aromatic rings. The summed E-state index contributed by atoms with van der Waals surface area (Å²) in [6.07, 6.45) is 7.54. The summed E-state index contributed by atoms with van der Waals surface area (Å²) in [6.45, 7) is 1.34. The van der Waals surface area contributed by atoms with E-state index in [9.17, 15) is 9.90 Å². The van der Waals surface area contributed by atoms with Crippen molar-refractivity contribution in [1.82, 2.24) is 14.9 Å². The quantitative estimate of drug-likeness (QED) is 0.893. The van der Waals surface area contributed by atoms with Crippen LogP contribution in [0.25, 0.3) is 0 Å². The number of nitrogens with zero attached hydrogens (tertiary/aromatic N) is 3. The van der Waals surface area contributed by atoms with Gasteiger partial charge in [0, 0.05) is 31.4 Å². The Hall–Kier alpha value is -1.01. The second kappa shape index (κ2) is 5.41. The SMILES string of the molecule is O=C(N1CCCC(c2ncc(Br)cn2)C1)C1(O)CCC1. The van der Waals surface area contributed by atoms with Gasteiger partial charge in [0.2, 0.25) is 0 Å². The highest BCUT2D eigenvalue weighted by Crippen LogP contribution is 2.35. The average Bonchev–Trinajstić information content (AvgIpc) is 2.45. The highest BCUT2D eigenvalue weighted by Gasteiger charge is 2.45. The van der Waals surface area contributed by atoms with Crippen molar-refractivity contribution in [2.24, 2.45) is 0 Å². The Morgan fingerprint density at radius 1 is 1.35 bits per heavy atom. The third-order valence-electron chi connectivity index (χ3n) is 4.29. The maximum absolute atomic E-state index is 12.4. The molecule has 2 fully saturated rings. The molecule has 0 bridgehead atoms. The number of aromatic nitrogens is 2. The molecule has 1 saturated heterocycles. The molecule has 1 aromatic heterocycles. The normalized spacial score (nSPS) is 25.1. The standard InChI is InChI=1S/C14H18BrN3O2/c15-11-7-16-12(17-8-11)10-3-1-6-18(9-10)13(19)14(20)4-2-5-14/h7-8,10,20H,1-6,9H2. The Balaban J connectivity index is 1.70. The van der Waals surface area contributed by atoms with Gasteiger partial charge >= 0.3 is 0 Å². The molecule has 1 unspecified atom stereocenters. The van der Waals surface area contributed by atoms with Gasteiger partial charge < -0.3 is 10.0 Å². The third-order valence-corrected chi connectivity index (χ3v) is 4.70. The van der Waals surface area contributed by atoms with Gasteiger partial charge in [0.15, 0.2) is 0 Å². The largest absolute Gasteiger partial charge is 0.380 e. The summed E-state index contributed by atoms with van der Waals surface area (Å²) in [5, 5.41) is 10.2. The molecule has 1 amide bonds. The van der Waals surface area contributed by atoms with Gasteiger partial charge in [0.05, 0.1) is 4.47 Å². The van der Waals surface area contributed by atoms with Gasteiger partial charge in [0.25, 0.3) is 5.91 Å². The summed E-state index contributed by atoms with van der Waals surface area (Å²) in [4.78, 5) is 22.8. The zero-order valence-electron chi connectivity index (χ0n) is 11.3. The highest BCUT2D eigenvalue weighted by atomic mass is 79.9. The number of amides is 1. The minimum atomic E-state index is -1.09. The summed E-state index contributed by atoms with van der Waals surface area (Å²) in [6, 6.07) is 0. The van der Waals surface area contributed by atoms with Crippen molar-refractivity contribution in [2.75, 3.05) is 13.1 Å². The van der Waals surface area contributed by atoms with Gasteiger partial charge in [-0.2, -0.15) is 0 Å². The van der Waals surface area contributed by atoms with E-state index in [0.29, 0.717) is 19.4 Å². The molecule has 1 N–H and O–H groups in total. The number of carbonyl (C=O) groups is 1. The zero-order valence-corrected chi connectivity index (χ0v) is 12.8. The van der Waals surface area contributed by atoms with E-state index < -0.39 is 5.60 Å². The Bertz CT molecular complexity index is 502. The summed E-state index contributed by atoms with van der Waals surface area (Å²) in [7, 11) is 0. The van der Waals surface area contributed by atoms with Crippen LogP contribution in [0.3, 0.4) is 0 Å². The lowest BCUT2D eigenvalue weighted by atomic mass is 9.78. The van der Waals surface area contributed by atoms with Crippen LogP contribution < -0.4 is 0 Å². The molecule has 5 nitrogen and oxygen atoms in total. The predicted molar refractivity (Wildman–Crippen MR) is 77.1 cm³/mol. The number of halogens is 1. The fourth-order valence-electron chi connectivity index (χ4n) is 2.93. The van der Waals surface area contributed by atoms with Gasteiger partial charge in [-0.1, -0.05) is 0 Å². The fraction of sp³-hybridized carbons (Fsp3) is 0.643. The first-order chi connectivity index (χ1) is 9.58. The second-order valence-electron chi connectivity index (χ2n) is 5.73. The lowest BCUT2D eigenvalue weighted by molar-refractivity contribution is -0.161. The van der Waals surface area contributed by atoms with Crippen LogP contribution >= 0.6 is 15.9 Å². The molecule has 108 valence electrons. The van der Waals surface area contributed by atoms with E-state index in [1.807, 2.05) is 0 Å². The topological polar surface area (TPSA) is 66.3 Å². The van der Waals surface area contributed by atoms with Crippen LogP contribution in [0.5, 0.6) is 0 Å². The molecule has 2 aliphatic rings. The predicted octanol–water partition coefficient (Wildman–Crippen LogP) is 1.86. The van der Waals surface area contributed by atoms with Gasteiger partial charge in [-0.05, 0) is 48.0 Å². The highest BCUT2D eigenvalue weighted by molar-refractivity contribution is 9.10. The molecule has 1 aliphatic heterocycles. The van der Waals surface area contributed by atoms with Crippen molar-refractivity contribution in [3.05, 3.63) is 22.7 Å². The van der Waals surface area contributed by atoms with E-state index in [-0.39, 0.29) is 11.8 Å². The number of piperidine rings is 1. The Morgan fingerprint density at radius 3 is 2.65 bits per heavy atom. The molecular formula is C14H18BrN3O2. The van der Waals surface area contributed by atoms with Crippen LogP contribution in [0, 0.1) is 0 Å². The van der Waals surface area contributed by atoms with Gasteiger partial charge in [0.1, 0.15) is 11.4 Å². The zero-order chi connectivity index (χ0) is 14.2. The van der Waals surface area contributed by atoms with E-state index >= 15 is 0 Å². The first kappa shape index (κ1) is 13.9. The smallest absolute Gasteiger partial charge is 0.254 e. The first-order valence-corrected chi connectivity index (χ1v) is 7.87. The van der Waals surface area contributed by atoms with E-state index in [0.717, 1.165) is 36.1 Å². The molecule has 0 radical (unpaired) electrons. The van der Waals surface area contributed by atoms with E-state index in [2.05, 4.69) is 25.9 Å². The number of aliphatic hydroxyl groups is 1. The van der Waals surface area contributed by atoms with E-state index in [1.165, 1.54) is 0 Å². The van der Waals surface area contributed by atoms with E-state index in [4.69, 9.17) is 0 Å². The van der Waals surface area contributed by atoms with Crippen LogP contribution in [-0.2, 0) is 4.79 Å². The maximum atomic E-state index is 12.4. The second-order valence-corrected chi connectivity index (χ2v) is 6.65. The minimum absolute atomic E-state index is 0.106. The molecule has 0 spiro atoms. The van der Waals surface area contributed by atoms with Crippen molar-refractivity contribution < 1.29 is 9.90 Å². The average molecular weight is 340 g/mol. The number of hydrogen-bond acceptors (Lipinski definition) is 4. The van der Waals surface area contributed by atoms with Crippen molar-refractivity contribution in [1.29, 1.82) is 0 Å². The number of hydrogen-bond donors (Lipinski definition) is 1. The molecule has 3 rings (SSSR count). The van der Waals surface area contributed by atoms with E-state index in [1.54, 1.807) is 17.3 Å². The van der Waals surface area contributed by atoms with Crippen LogP contribution in [-0.4, -0.2) is 44.6 Å². The lowest BCUT2D eigenvalue weighted by Crippen LogP contribution is -2.55. The number of carbonyl (C=O) groups excluding carboxylic acids is 1. The Morgan fingerprint density at radius 2 is 2.05 bits per heavy atom. The molecule has 1 aliphatic carbocycles. The summed E-state index contributed by atoms with van der Waals surface area (Å²) < 4.78 is 0.855. The van der Waals surface area contributed by atoms with Crippen LogP contribution in [0.15, 0.2) is 16.9 Å². The Labute approximate surface area is 126 Å². The fourth-order valence-corrected chi connectivity index (χ4v) is 3.13. The summed E-state index contributed by atoms with van der Waals surface area (Å²) in [5.74, 6) is 0.848. The van der Waals surface area contributed by atoms with Crippen LogP contribution in [0.1, 0.15) is 43.8 Å². The van der Waals surface area contributed by atoms with Crippen molar-refractivity contribution >= 4 is 21.8 Å². The Kier molecular flexibility index (Phi) is 3.77. The lowest BCUT2D eigenvalue weighted by Gasteiger charge is -2.41. The van der Waals surface area contributed by atoms with Crippen LogP contribution in [0.2, 0.25) is 0 Å². The summed E-state index contributed by atoms with van der Waals surface area (Å²) >= 11 is 3.32. The van der Waals surface area contributed by atoms with Crippen molar-refractivity contribution in [3.8, 4) is 0 Å². The molecule has 1 atom stereocenters. The van der Waals surface area contributed by atoms with Gasteiger partial charge in [-0.25, -0.2) is 9.97 Å². The van der Waals surface area contributed by atoms with Crippen molar-refractivity contribution in [3.63, 3.8) is 0 Å².